The third-order valence-electron chi connectivity index (χ3n) is 2.55. The SMILES string of the molecule is CCCC(CC(=O)O)NC(=O)NCC(C)(C)NS(C)(=O)=O. The largest absolute Gasteiger partial charge is 0.481 e. The van der Waals surface area contributed by atoms with Gasteiger partial charge in [-0.1, -0.05) is 13.3 Å². The Morgan fingerprint density at radius 1 is 1.29 bits per heavy atom. The summed E-state index contributed by atoms with van der Waals surface area (Å²) in [5.41, 5.74) is -0.835. The van der Waals surface area contributed by atoms with Gasteiger partial charge in [-0.3, -0.25) is 4.79 Å². The molecule has 0 aromatic heterocycles. The van der Waals surface area contributed by atoms with Gasteiger partial charge in [0, 0.05) is 18.1 Å². The van der Waals surface area contributed by atoms with Gasteiger partial charge in [0.05, 0.1) is 12.7 Å². The van der Waals surface area contributed by atoms with Crippen LogP contribution >= 0.6 is 0 Å². The smallest absolute Gasteiger partial charge is 0.315 e. The first kappa shape index (κ1) is 19.7. The maximum atomic E-state index is 11.7. The standard InChI is InChI=1S/C12H25N3O5S/c1-5-6-9(7-10(16)17)14-11(18)13-8-12(2,3)15-21(4,19)20/h9,15H,5-8H2,1-4H3,(H,16,17)(H2,13,14,18). The van der Waals surface area contributed by atoms with Crippen LogP contribution in [0.25, 0.3) is 0 Å². The van der Waals surface area contributed by atoms with E-state index in [1.165, 1.54) is 0 Å². The second-order valence-electron chi connectivity index (χ2n) is 5.67. The molecule has 0 saturated carbocycles. The highest BCUT2D eigenvalue weighted by Crippen LogP contribution is 2.03. The quantitative estimate of drug-likeness (QED) is 0.484. The lowest BCUT2D eigenvalue weighted by Crippen LogP contribution is -2.53. The molecule has 0 saturated heterocycles. The van der Waals surface area contributed by atoms with Crippen LogP contribution in [0.15, 0.2) is 0 Å². The molecule has 0 spiro atoms. The third-order valence-corrected chi connectivity index (χ3v) is 3.47. The van der Waals surface area contributed by atoms with E-state index in [4.69, 9.17) is 5.11 Å². The molecular formula is C12H25N3O5S. The summed E-state index contributed by atoms with van der Waals surface area (Å²) in [6.45, 7) is 5.25. The summed E-state index contributed by atoms with van der Waals surface area (Å²) in [4.78, 5) is 22.4. The number of sulfonamides is 1. The highest BCUT2D eigenvalue weighted by atomic mass is 32.2. The molecule has 0 radical (unpaired) electrons. The summed E-state index contributed by atoms with van der Waals surface area (Å²) in [6.07, 6.45) is 2.20. The van der Waals surface area contributed by atoms with Crippen LogP contribution < -0.4 is 15.4 Å². The van der Waals surface area contributed by atoms with E-state index < -0.39 is 33.6 Å². The van der Waals surface area contributed by atoms with Crippen molar-refractivity contribution < 1.29 is 23.1 Å². The molecule has 0 aromatic rings. The van der Waals surface area contributed by atoms with Crippen LogP contribution in [0.5, 0.6) is 0 Å². The molecule has 9 heteroatoms. The summed E-state index contributed by atoms with van der Waals surface area (Å²) in [7, 11) is -3.38. The maximum absolute atomic E-state index is 11.7. The van der Waals surface area contributed by atoms with E-state index >= 15 is 0 Å². The van der Waals surface area contributed by atoms with Crippen LogP contribution in [0.3, 0.4) is 0 Å². The molecule has 4 N–H and O–H groups in total. The summed E-state index contributed by atoms with van der Waals surface area (Å²) in [6, 6.07) is -0.962. The second-order valence-corrected chi connectivity index (χ2v) is 7.42. The van der Waals surface area contributed by atoms with Gasteiger partial charge in [0.1, 0.15) is 0 Å². The van der Waals surface area contributed by atoms with Crippen molar-refractivity contribution in [3.63, 3.8) is 0 Å². The Bertz CT molecular complexity index is 462. The van der Waals surface area contributed by atoms with Gasteiger partial charge in [-0.25, -0.2) is 17.9 Å². The van der Waals surface area contributed by atoms with Crippen molar-refractivity contribution in [2.75, 3.05) is 12.8 Å². The van der Waals surface area contributed by atoms with Gasteiger partial charge in [0.25, 0.3) is 0 Å². The Morgan fingerprint density at radius 2 is 1.86 bits per heavy atom. The molecule has 0 fully saturated rings. The van der Waals surface area contributed by atoms with E-state index in [2.05, 4.69) is 15.4 Å². The molecule has 1 unspecified atom stereocenters. The van der Waals surface area contributed by atoms with Crippen molar-refractivity contribution in [2.45, 2.75) is 51.6 Å². The average molecular weight is 323 g/mol. The maximum Gasteiger partial charge on any atom is 0.315 e. The van der Waals surface area contributed by atoms with Gasteiger partial charge in [-0.2, -0.15) is 0 Å². The van der Waals surface area contributed by atoms with Crippen molar-refractivity contribution in [2.24, 2.45) is 0 Å². The van der Waals surface area contributed by atoms with Crippen molar-refractivity contribution >= 4 is 22.0 Å². The Hall–Kier alpha value is -1.35. The summed E-state index contributed by atoms with van der Waals surface area (Å²) >= 11 is 0. The van der Waals surface area contributed by atoms with Crippen molar-refractivity contribution in [3.8, 4) is 0 Å². The minimum absolute atomic E-state index is 0.0812. The Morgan fingerprint density at radius 3 is 2.29 bits per heavy atom. The summed E-state index contributed by atoms with van der Waals surface area (Å²) in [5.74, 6) is -0.979. The molecule has 0 heterocycles. The predicted molar refractivity (Wildman–Crippen MR) is 79.5 cm³/mol. The highest BCUT2D eigenvalue weighted by Gasteiger charge is 2.23. The third kappa shape index (κ3) is 11.0. The normalized spacial score (nSPS) is 13.5. The van der Waals surface area contributed by atoms with E-state index in [0.29, 0.717) is 6.42 Å². The van der Waals surface area contributed by atoms with E-state index in [-0.39, 0.29) is 13.0 Å². The van der Waals surface area contributed by atoms with Gasteiger partial charge in [-0.05, 0) is 20.3 Å². The molecule has 2 amide bonds. The lowest BCUT2D eigenvalue weighted by atomic mass is 10.1. The number of carbonyl (C=O) groups excluding carboxylic acids is 1. The zero-order valence-corrected chi connectivity index (χ0v) is 13.7. The van der Waals surface area contributed by atoms with Gasteiger partial charge in [0.15, 0.2) is 0 Å². The Labute approximate surface area is 125 Å². The Balaban J connectivity index is 4.38. The lowest BCUT2D eigenvalue weighted by molar-refractivity contribution is -0.137. The van der Waals surface area contributed by atoms with Crippen LogP contribution in [-0.4, -0.2) is 49.9 Å². The molecule has 0 aromatic carbocycles. The van der Waals surface area contributed by atoms with Gasteiger partial charge in [-0.15, -0.1) is 0 Å². The number of hydrogen-bond acceptors (Lipinski definition) is 4. The second kappa shape index (κ2) is 8.18. The minimum atomic E-state index is -3.38. The predicted octanol–water partition coefficient (Wildman–Crippen LogP) is 0.257. The fraction of sp³-hybridized carbons (Fsp3) is 0.833. The van der Waals surface area contributed by atoms with E-state index in [1.54, 1.807) is 13.8 Å². The van der Waals surface area contributed by atoms with E-state index in [0.717, 1.165) is 12.7 Å². The van der Waals surface area contributed by atoms with Crippen LogP contribution in [0, 0.1) is 0 Å². The van der Waals surface area contributed by atoms with E-state index in [9.17, 15) is 18.0 Å². The Kier molecular flexibility index (Phi) is 7.65. The first-order valence-corrected chi connectivity index (χ1v) is 8.59. The number of carbonyl (C=O) groups is 2. The number of carboxylic acid groups (broad SMARTS) is 1. The highest BCUT2D eigenvalue weighted by molar-refractivity contribution is 7.88. The van der Waals surface area contributed by atoms with Gasteiger partial charge >= 0.3 is 12.0 Å². The van der Waals surface area contributed by atoms with Gasteiger partial charge < -0.3 is 15.7 Å². The first-order chi connectivity index (χ1) is 9.45. The zero-order chi connectivity index (χ0) is 16.7. The number of hydrogen-bond donors (Lipinski definition) is 4. The molecule has 0 aliphatic heterocycles. The molecule has 0 bridgehead atoms. The molecule has 1 atom stereocenters. The molecule has 0 rings (SSSR count). The number of carboxylic acids is 1. The number of nitrogens with one attached hydrogen (secondary N) is 3. The lowest BCUT2D eigenvalue weighted by Gasteiger charge is -2.26. The minimum Gasteiger partial charge on any atom is -0.481 e. The van der Waals surface area contributed by atoms with Crippen molar-refractivity contribution in [1.82, 2.24) is 15.4 Å². The number of aliphatic carboxylic acids is 1. The first-order valence-electron chi connectivity index (χ1n) is 6.70. The van der Waals surface area contributed by atoms with Crippen LogP contribution in [-0.2, 0) is 14.8 Å². The fourth-order valence-corrected chi connectivity index (χ4v) is 2.94. The number of amides is 2. The van der Waals surface area contributed by atoms with Crippen LogP contribution in [0.1, 0.15) is 40.0 Å². The molecular weight excluding hydrogens is 298 g/mol. The molecule has 0 aliphatic carbocycles. The van der Waals surface area contributed by atoms with Crippen molar-refractivity contribution in [1.29, 1.82) is 0 Å². The number of urea groups is 1. The van der Waals surface area contributed by atoms with Crippen LogP contribution in [0.2, 0.25) is 0 Å². The summed E-state index contributed by atoms with van der Waals surface area (Å²) < 4.78 is 24.7. The molecule has 124 valence electrons. The average Bonchev–Trinajstić information content (AvgIpc) is 2.22. The van der Waals surface area contributed by atoms with E-state index in [1.807, 2.05) is 6.92 Å². The zero-order valence-electron chi connectivity index (χ0n) is 12.9. The van der Waals surface area contributed by atoms with Gasteiger partial charge in [0.2, 0.25) is 10.0 Å². The molecule has 0 aliphatic rings. The number of rotatable bonds is 9. The topological polar surface area (TPSA) is 125 Å². The molecule has 21 heavy (non-hydrogen) atoms. The monoisotopic (exact) mass is 323 g/mol. The van der Waals surface area contributed by atoms with Crippen molar-refractivity contribution in [3.05, 3.63) is 0 Å². The van der Waals surface area contributed by atoms with Crippen LogP contribution in [0.4, 0.5) is 4.79 Å². The fourth-order valence-electron chi connectivity index (χ4n) is 1.86. The molecule has 8 nitrogen and oxygen atoms in total. The summed E-state index contributed by atoms with van der Waals surface area (Å²) in [5, 5.41) is 13.9.